The third-order valence-electron chi connectivity index (χ3n) is 4.59. The van der Waals surface area contributed by atoms with Gasteiger partial charge in [-0.15, -0.1) is 15.0 Å². The van der Waals surface area contributed by atoms with E-state index >= 15 is 0 Å². The Balaban J connectivity index is 1.73. The summed E-state index contributed by atoms with van der Waals surface area (Å²) in [6, 6.07) is 22.2. The quantitative estimate of drug-likeness (QED) is 0.511. The summed E-state index contributed by atoms with van der Waals surface area (Å²) >= 11 is 0. The van der Waals surface area contributed by atoms with Gasteiger partial charge in [-0.2, -0.15) is 10.5 Å². The lowest BCUT2D eigenvalue weighted by Gasteiger charge is -2.16. The van der Waals surface area contributed by atoms with Crippen molar-refractivity contribution in [3.05, 3.63) is 83.6 Å². The molecule has 0 fully saturated rings. The zero-order valence-electron chi connectivity index (χ0n) is 16.0. The average molecular weight is 393 g/mol. The van der Waals surface area contributed by atoms with E-state index in [2.05, 4.69) is 32.5 Å². The standard InChI is InChI=1S/C22H15N7O/c1-30-21-12-16(29-27-22(26-28-29)20-8-4-5-11-25-20)9-10-18(21)19(14-24)17-7-3-2-6-15(17)13-23/h2-12,19H,1H3. The Bertz CT molecular complexity index is 1270. The Morgan fingerprint density at radius 2 is 1.83 bits per heavy atom. The zero-order valence-corrected chi connectivity index (χ0v) is 16.0. The highest BCUT2D eigenvalue weighted by atomic mass is 16.5. The van der Waals surface area contributed by atoms with Crippen molar-refractivity contribution in [3.63, 3.8) is 0 Å². The number of benzene rings is 2. The molecule has 0 saturated heterocycles. The molecule has 0 spiro atoms. The van der Waals surface area contributed by atoms with E-state index in [0.29, 0.717) is 39.6 Å². The van der Waals surface area contributed by atoms with E-state index in [1.54, 1.807) is 54.7 Å². The molecule has 2 aromatic carbocycles. The van der Waals surface area contributed by atoms with Gasteiger partial charge in [0, 0.05) is 17.8 Å². The molecule has 8 heteroatoms. The van der Waals surface area contributed by atoms with Gasteiger partial charge in [0.2, 0.25) is 5.82 Å². The molecule has 0 bridgehead atoms. The van der Waals surface area contributed by atoms with Crippen LogP contribution in [-0.2, 0) is 0 Å². The topological polar surface area (TPSA) is 113 Å². The summed E-state index contributed by atoms with van der Waals surface area (Å²) in [5.74, 6) is 0.234. The van der Waals surface area contributed by atoms with Gasteiger partial charge in [-0.05, 0) is 35.0 Å². The van der Waals surface area contributed by atoms with E-state index in [-0.39, 0.29) is 0 Å². The lowest BCUT2D eigenvalue weighted by Crippen LogP contribution is -2.06. The highest BCUT2D eigenvalue weighted by Gasteiger charge is 2.21. The molecule has 0 aliphatic carbocycles. The highest BCUT2D eigenvalue weighted by Crippen LogP contribution is 2.34. The van der Waals surface area contributed by atoms with Crippen molar-refractivity contribution in [2.24, 2.45) is 0 Å². The van der Waals surface area contributed by atoms with Crippen LogP contribution in [0.4, 0.5) is 0 Å². The summed E-state index contributed by atoms with van der Waals surface area (Å²) in [5.41, 5.74) is 2.97. The maximum Gasteiger partial charge on any atom is 0.223 e. The molecular formula is C22H15N7O. The smallest absolute Gasteiger partial charge is 0.223 e. The first-order valence-electron chi connectivity index (χ1n) is 9.03. The van der Waals surface area contributed by atoms with E-state index in [9.17, 15) is 10.5 Å². The molecule has 1 atom stereocenters. The molecule has 0 aliphatic rings. The predicted octanol–water partition coefficient (Wildman–Crippen LogP) is 3.26. The van der Waals surface area contributed by atoms with Crippen LogP contribution < -0.4 is 4.74 Å². The van der Waals surface area contributed by atoms with Crippen molar-refractivity contribution in [1.82, 2.24) is 25.2 Å². The number of nitrogens with zero attached hydrogens (tertiary/aromatic N) is 7. The van der Waals surface area contributed by atoms with Gasteiger partial charge in [-0.3, -0.25) is 4.98 Å². The van der Waals surface area contributed by atoms with Crippen LogP contribution in [0.3, 0.4) is 0 Å². The molecular weight excluding hydrogens is 378 g/mol. The molecule has 1 unspecified atom stereocenters. The number of methoxy groups -OCH3 is 1. The number of ether oxygens (including phenoxy) is 1. The molecule has 2 aromatic heterocycles. The molecule has 144 valence electrons. The number of rotatable bonds is 5. The lowest BCUT2D eigenvalue weighted by atomic mass is 9.89. The van der Waals surface area contributed by atoms with E-state index in [4.69, 9.17) is 4.74 Å². The number of aromatic nitrogens is 5. The van der Waals surface area contributed by atoms with Crippen LogP contribution in [-0.4, -0.2) is 32.3 Å². The molecule has 4 aromatic rings. The molecule has 0 radical (unpaired) electrons. The molecule has 0 aliphatic heterocycles. The second-order valence-corrected chi connectivity index (χ2v) is 6.30. The van der Waals surface area contributed by atoms with Gasteiger partial charge in [-0.1, -0.05) is 30.3 Å². The lowest BCUT2D eigenvalue weighted by molar-refractivity contribution is 0.409. The molecule has 8 nitrogen and oxygen atoms in total. The summed E-state index contributed by atoms with van der Waals surface area (Å²) in [6.07, 6.45) is 1.66. The summed E-state index contributed by atoms with van der Waals surface area (Å²) in [6.45, 7) is 0. The number of nitriles is 2. The van der Waals surface area contributed by atoms with Crippen LogP contribution in [0, 0.1) is 22.7 Å². The average Bonchev–Trinajstić information content (AvgIpc) is 3.31. The molecule has 0 N–H and O–H groups in total. The summed E-state index contributed by atoms with van der Waals surface area (Å²) < 4.78 is 5.54. The number of tetrazole rings is 1. The minimum atomic E-state index is -0.655. The third-order valence-corrected chi connectivity index (χ3v) is 4.59. The first-order chi connectivity index (χ1) is 14.7. The monoisotopic (exact) mass is 393 g/mol. The van der Waals surface area contributed by atoms with Gasteiger partial charge in [0.05, 0.1) is 30.5 Å². The van der Waals surface area contributed by atoms with Crippen LogP contribution in [0.1, 0.15) is 22.6 Å². The van der Waals surface area contributed by atoms with Gasteiger partial charge in [-0.25, -0.2) is 0 Å². The Morgan fingerprint density at radius 1 is 1.00 bits per heavy atom. The van der Waals surface area contributed by atoms with Crippen LogP contribution in [0.2, 0.25) is 0 Å². The minimum absolute atomic E-state index is 0.400. The highest BCUT2D eigenvalue weighted by molar-refractivity contribution is 5.54. The maximum absolute atomic E-state index is 9.83. The third kappa shape index (κ3) is 3.46. The first-order valence-corrected chi connectivity index (χ1v) is 9.03. The Hall–Kier alpha value is -4.56. The maximum atomic E-state index is 9.83. The summed E-state index contributed by atoms with van der Waals surface area (Å²) in [4.78, 5) is 5.60. The summed E-state index contributed by atoms with van der Waals surface area (Å²) in [7, 11) is 1.53. The molecule has 30 heavy (non-hydrogen) atoms. The van der Waals surface area contributed by atoms with Gasteiger partial charge >= 0.3 is 0 Å². The van der Waals surface area contributed by atoms with Crippen LogP contribution in [0.15, 0.2) is 66.9 Å². The molecule has 0 amide bonds. The van der Waals surface area contributed by atoms with E-state index in [1.165, 1.54) is 11.9 Å². The number of hydrogen-bond donors (Lipinski definition) is 0. The second-order valence-electron chi connectivity index (χ2n) is 6.30. The van der Waals surface area contributed by atoms with E-state index in [0.717, 1.165) is 0 Å². The van der Waals surface area contributed by atoms with Gasteiger partial charge in [0.25, 0.3) is 0 Å². The SMILES string of the molecule is COc1cc(-n2nnc(-c3ccccn3)n2)ccc1C(C#N)c1ccccc1C#N. The fraction of sp³-hybridized carbons (Fsp3) is 0.0909. The molecule has 4 rings (SSSR count). The van der Waals surface area contributed by atoms with Crippen molar-refractivity contribution in [2.75, 3.05) is 7.11 Å². The van der Waals surface area contributed by atoms with Crippen molar-refractivity contribution in [3.8, 4) is 35.1 Å². The van der Waals surface area contributed by atoms with Crippen molar-refractivity contribution in [1.29, 1.82) is 10.5 Å². The molecule has 0 saturated carbocycles. The zero-order chi connectivity index (χ0) is 20.9. The van der Waals surface area contributed by atoms with Crippen molar-refractivity contribution < 1.29 is 4.74 Å². The van der Waals surface area contributed by atoms with Gasteiger partial charge < -0.3 is 4.74 Å². The van der Waals surface area contributed by atoms with Gasteiger partial charge in [0.1, 0.15) is 17.4 Å². The predicted molar refractivity (Wildman–Crippen MR) is 108 cm³/mol. The fourth-order valence-corrected chi connectivity index (χ4v) is 3.14. The van der Waals surface area contributed by atoms with E-state index < -0.39 is 5.92 Å². The largest absolute Gasteiger partial charge is 0.496 e. The van der Waals surface area contributed by atoms with E-state index in [1.807, 2.05) is 12.1 Å². The number of hydrogen-bond acceptors (Lipinski definition) is 7. The Labute approximate surface area is 172 Å². The minimum Gasteiger partial charge on any atom is -0.496 e. The van der Waals surface area contributed by atoms with Gasteiger partial charge in [0.15, 0.2) is 0 Å². The van der Waals surface area contributed by atoms with Crippen LogP contribution in [0.25, 0.3) is 17.2 Å². The Kier molecular flexibility index (Phi) is 5.14. The molecule has 2 heterocycles. The summed E-state index contributed by atoms with van der Waals surface area (Å²) in [5, 5.41) is 31.7. The fourth-order valence-electron chi connectivity index (χ4n) is 3.14. The second kappa shape index (κ2) is 8.21. The van der Waals surface area contributed by atoms with Crippen molar-refractivity contribution >= 4 is 0 Å². The van der Waals surface area contributed by atoms with Crippen LogP contribution in [0.5, 0.6) is 5.75 Å². The van der Waals surface area contributed by atoms with Crippen molar-refractivity contribution in [2.45, 2.75) is 5.92 Å². The number of pyridine rings is 1. The van der Waals surface area contributed by atoms with Crippen LogP contribution >= 0.6 is 0 Å². The first kappa shape index (κ1) is 18.8. The Morgan fingerprint density at radius 3 is 2.57 bits per heavy atom. The normalized spacial score (nSPS) is 11.3.